The van der Waals surface area contributed by atoms with E-state index in [1.54, 1.807) is 7.11 Å². The summed E-state index contributed by atoms with van der Waals surface area (Å²) in [5.74, 6) is 0.805. The first-order chi connectivity index (χ1) is 9.29. The zero-order valence-corrected chi connectivity index (χ0v) is 11.6. The largest absolute Gasteiger partial charge is 0.495 e. The maximum absolute atomic E-state index is 9.63. The molecule has 1 aliphatic rings. The van der Waals surface area contributed by atoms with Crippen molar-refractivity contribution in [2.45, 2.75) is 50.5 Å². The minimum Gasteiger partial charge on any atom is -0.495 e. The van der Waals surface area contributed by atoms with E-state index in [2.05, 4.69) is 11.4 Å². The summed E-state index contributed by atoms with van der Waals surface area (Å²) in [4.78, 5) is 0. The lowest BCUT2D eigenvalue weighted by Crippen LogP contribution is -2.37. The van der Waals surface area contributed by atoms with Crippen LogP contribution in [0, 0.1) is 11.3 Å². The molecule has 0 spiro atoms. The first-order valence-electron chi connectivity index (χ1n) is 7.12. The van der Waals surface area contributed by atoms with Gasteiger partial charge in [-0.25, -0.2) is 0 Å². The monoisotopic (exact) mass is 258 g/mol. The minimum atomic E-state index is -0.435. The summed E-state index contributed by atoms with van der Waals surface area (Å²) < 4.78 is 5.36. The standard InChI is InChI=1S/C16H22N2O/c1-19-15-10-6-5-9-14(15)18-16(13-17)11-7-3-2-4-8-12-16/h5-6,9-10,18H,2-4,7-8,11-12H2,1H3. The SMILES string of the molecule is COc1ccccc1NC1(C#N)CCCCCCC1. The predicted molar refractivity (Wildman–Crippen MR) is 77.3 cm³/mol. The van der Waals surface area contributed by atoms with Gasteiger partial charge in [0.05, 0.1) is 18.9 Å². The van der Waals surface area contributed by atoms with Crippen LogP contribution >= 0.6 is 0 Å². The van der Waals surface area contributed by atoms with Crippen LogP contribution < -0.4 is 10.1 Å². The zero-order chi connectivity index (χ0) is 13.6. The number of hydrogen-bond donors (Lipinski definition) is 1. The van der Waals surface area contributed by atoms with Gasteiger partial charge in [-0.3, -0.25) is 0 Å². The molecule has 3 heteroatoms. The van der Waals surface area contributed by atoms with Crippen LogP contribution in [0.4, 0.5) is 5.69 Å². The molecule has 19 heavy (non-hydrogen) atoms. The molecule has 0 saturated heterocycles. The van der Waals surface area contributed by atoms with Gasteiger partial charge in [-0.2, -0.15) is 5.26 Å². The Bertz CT molecular complexity index is 442. The number of nitrogens with one attached hydrogen (secondary N) is 1. The van der Waals surface area contributed by atoms with Gasteiger partial charge < -0.3 is 10.1 Å². The van der Waals surface area contributed by atoms with Crippen LogP contribution in [0.2, 0.25) is 0 Å². The quantitative estimate of drug-likeness (QED) is 0.887. The smallest absolute Gasteiger partial charge is 0.141 e. The first-order valence-corrected chi connectivity index (χ1v) is 7.12. The van der Waals surface area contributed by atoms with Crippen molar-refractivity contribution in [3.63, 3.8) is 0 Å². The van der Waals surface area contributed by atoms with E-state index < -0.39 is 5.54 Å². The topological polar surface area (TPSA) is 45.0 Å². The third-order valence-corrected chi connectivity index (χ3v) is 3.90. The molecule has 0 aliphatic heterocycles. The summed E-state index contributed by atoms with van der Waals surface area (Å²) >= 11 is 0. The fourth-order valence-corrected chi connectivity index (χ4v) is 2.78. The average molecular weight is 258 g/mol. The van der Waals surface area contributed by atoms with Crippen molar-refractivity contribution in [3.8, 4) is 11.8 Å². The second-order valence-corrected chi connectivity index (χ2v) is 5.29. The van der Waals surface area contributed by atoms with Crippen LogP contribution in [0.25, 0.3) is 0 Å². The Morgan fingerprint density at radius 2 is 1.74 bits per heavy atom. The van der Waals surface area contributed by atoms with Crippen molar-refractivity contribution in [2.75, 3.05) is 12.4 Å². The van der Waals surface area contributed by atoms with Gasteiger partial charge in [0, 0.05) is 0 Å². The molecule has 0 unspecified atom stereocenters. The Hall–Kier alpha value is -1.69. The highest BCUT2D eigenvalue weighted by Gasteiger charge is 2.30. The lowest BCUT2D eigenvalue weighted by Gasteiger charge is -2.31. The maximum atomic E-state index is 9.63. The molecule has 0 aromatic heterocycles. The molecule has 0 amide bonds. The number of benzene rings is 1. The average Bonchev–Trinajstić information content (AvgIpc) is 2.42. The molecule has 1 aromatic carbocycles. The molecule has 102 valence electrons. The highest BCUT2D eigenvalue weighted by Crippen LogP contribution is 2.33. The number of para-hydroxylation sites is 2. The van der Waals surface area contributed by atoms with Crippen LogP contribution in [0.5, 0.6) is 5.75 Å². The van der Waals surface area contributed by atoms with E-state index in [-0.39, 0.29) is 0 Å². The molecule has 1 saturated carbocycles. The Morgan fingerprint density at radius 1 is 1.11 bits per heavy atom. The van der Waals surface area contributed by atoms with Crippen LogP contribution in [0.1, 0.15) is 44.9 Å². The van der Waals surface area contributed by atoms with Crippen molar-refractivity contribution in [1.82, 2.24) is 0 Å². The van der Waals surface area contributed by atoms with Gasteiger partial charge in [0.25, 0.3) is 0 Å². The minimum absolute atomic E-state index is 0.435. The summed E-state index contributed by atoms with van der Waals surface area (Å²) in [5, 5.41) is 13.1. The number of rotatable bonds is 3. The van der Waals surface area contributed by atoms with Crippen molar-refractivity contribution >= 4 is 5.69 Å². The van der Waals surface area contributed by atoms with Crippen molar-refractivity contribution < 1.29 is 4.74 Å². The molecule has 0 bridgehead atoms. The number of hydrogen-bond acceptors (Lipinski definition) is 3. The predicted octanol–water partition coefficient (Wildman–Crippen LogP) is 4.11. The molecule has 1 fully saturated rings. The van der Waals surface area contributed by atoms with E-state index in [9.17, 15) is 5.26 Å². The second-order valence-electron chi connectivity index (χ2n) is 5.29. The Morgan fingerprint density at radius 3 is 2.37 bits per heavy atom. The summed E-state index contributed by atoms with van der Waals surface area (Å²) in [6.07, 6.45) is 7.85. The molecule has 0 heterocycles. The lowest BCUT2D eigenvalue weighted by atomic mass is 9.85. The van der Waals surface area contributed by atoms with Crippen molar-refractivity contribution in [1.29, 1.82) is 5.26 Å². The number of nitrogens with zero attached hydrogens (tertiary/aromatic N) is 1. The Kier molecular flexibility index (Phi) is 4.68. The van der Waals surface area contributed by atoms with Gasteiger partial charge in [-0.1, -0.05) is 44.2 Å². The third kappa shape index (κ3) is 3.41. The molecule has 1 aromatic rings. The van der Waals surface area contributed by atoms with E-state index in [0.29, 0.717) is 0 Å². The molecule has 1 aliphatic carbocycles. The molecule has 0 radical (unpaired) electrons. The first kappa shape index (κ1) is 13.7. The number of ether oxygens (including phenoxy) is 1. The molecule has 1 N–H and O–H groups in total. The van der Waals surface area contributed by atoms with Crippen LogP contribution in [0.15, 0.2) is 24.3 Å². The van der Waals surface area contributed by atoms with E-state index >= 15 is 0 Å². The third-order valence-electron chi connectivity index (χ3n) is 3.90. The molecular weight excluding hydrogens is 236 g/mol. The number of nitriles is 1. The highest BCUT2D eigenvalue weighted by molar-refractivity contribution is 5.58. The van der Waals surface area contributed by atoms with E-state index in [4.69, 9.17) is 4.74 Å². The van der Waals surface area contributed by atoms with E-state index in [1.807, 2.05) is 24.3 Å². The molecular formula is C16H22N2O. The second kappa shape index (κ2) is 6.47. The van der Waals surface area contributed by atoms with Crippen molar-refractivity contribution in [2.24, 2.45) is 0 Å². The summed E-state index contributed by atoms with van der Waals surface area (Å²) in [5.41, 5.74) is 0.488. The van der Waals surface area contributed by atoms with Crippen molar-refractivity contribution in [3.05, 3.63) is 24.3 Å². The number of methoxy groups -OCH3 is 1. The summed E-state index contributed by atoms with van der Waals surface area (Å²) in [6, 6.07) is 10.3. The Balaban J connectivity index is 2.19. The Labute approximate surface area is 115 Å². The maximum Gasteiger partial charge on any atom is 0.141 e. The summed E-state index contributed by atoms with van der Waals surface area (Å²) in [6.45, 7) is 0. The van der Waals surface area contributed by atoms with Crippen LogP contribution in [-0.4, -0.2) is 12.6 Å². The zero-order valence-electron chi connectivity index (χ0n) is 11.6. The fraction of sp³-hybridized carbons (Fsp3) is 0.562. The van der Waals surface area contributed by atoms with Gasteiger partial charge in [-0.15, -0.1) is 0 Å². The normalized spacial score (nSPS) is 18.7. The molecule has 2 rings (SSSR count). The van der Waals surface area contributed by atoms with Gasteiger partial charge >= 0.3 is 0 Å². The van der Waals surface area contributed by atoms with Gasteiger partial charge in [0.2, 0.25) is 0 Å². The lowest BCUT2D eigenvalue weighted by molar-refractivity contribution is 0.398. The van der Waals surface area contributed by atoms with Crippen LogP contribution in [0.3, 0.4) is 0 Å². The van der Waals surface area contributed by atoms with E-state index in [0.717, 1.165) is 37.1 Å². The highest BCUT2D eigenvalue weighted by atomic mass is 16.5. The van der Waals surface area contributed by atoms with Gasteiger partial charge in [0.1, 0.15) is 11.3 Å². The van der Waals surface area contributed by atoms with Gasteiger partial charge in [0.15, 0.2) is 0 Å². The van der Waals surface area contributed by atoms with Gasteiger partial charge in [-0.05, 0) is 25.0 Å². The van der Waals surface area contributed by atoms with Crippen LogP contribution in [-0.2, 0) is 0 Å². The summed E-state index contributed by atoms with van der Waals surface area (Å²) in [7, 11) is 1.66. The fourth-order valence-electron chi connectivity index (χ4n) is 2.78. The molecule has 0 atom stereocenters. The molecule has 3 nitrogen and oxygen atoms in total. The number of anilines is 1. The van der Waals surface area contributed by atoms with E-state index in [1.165, 1.54) is 19.3 Å².